The molecule has 4 heteroatoms. The molecule has 0 spiro atoms. The van der Waals surface area contributed by atoms with Crippen molar-refractivity contribution in [1.29, 1.82) is 0 Å². The van der Waals surface area contributed by atoms with Gasteiger partial charge >= 0.3 is 5.97 Å². The highest BCUT2D eigenvalue weighted by Crippen LogP contribution is 2.26. The van der Waals surface area contributed by atoms with E-state index in [-0.39, 0.29) is 0 Å². The van der Waals surface area contributed by atoms with Gasteiger partial charge < -0.3 is 10.0 Å². The van der Waals surface area contributed by atoms with E-state index in [0.717, 1.165) is 29.6 Å². The van der Waals surface area contributed by atoms with Gasteiger partial charge in [0, 0.05) is 24.9 Å². The van der Waals surface area contributed by atoms with Crippen LogP contribution in [0.5, 0.6) is 0 Å². The number of nitrogens with zero attached hydrogens (tertiary/aromatic N) is 2. The average Bonchev–Trinajstić information content (AvgIpc) is 2.73. The summed E-state index contributed by atoms with van der Waals surface area (Å²) in [6.07, 6.45) is 6.85. The number of aliphatic carboxylic acids is 1. The zero-order valence-electron chi connectivity index (χ0n) is 10.8. The lowest BCUT2D eigenvalue weighted by molar-refractivity contribution is -0.131. The van der Waals surface area contributed by atoms with E-state index in [1.54, 1.807) is 12.3 Å². The highest BCUT2D eigenvalue weighted by atomic mass is 16.4. The fraction of sp³-hybridized carbons (Fsp3) is 0.429. The Kier molecular flexibility index (Phi) is 3.65. The van der Waals surface area contributed by atoms with Crippen LogP contribution in [0.2, 0.25) is 0 Å². The molecule has 1 aliphatic heterocycles. The molecular formula is C14H18N2O2. The number of carboxylic acid groups (broad SMARTS) is 1. The molecule has 0 aromatic carbocycles. The summed E-state index contributed by atoms with van der Waals surface area (Å²) in [6, 6.07) is 2.52. The van der Waals surface area contributed by atoms with Crippen molar-refractivity contribution >= 4 is 17.9 Å². The minimum atomic E-state index is -0.940. The molecule has 0 radical (unpaired) electrons. The highest BCUT2D eigenvalue weighted by Gasteiger charge is 2.22. The summed E-state index contributed by atoms with van der Waals surface area (Å²) >= 11 is 0. The molecule has 0 aliphatic carbocycles. The fourth-order valence-electron chi connectivity index (χ4n) is 2.40. The number of hydrogen-bond acceptors (Lipinski definition) is 3. The predicted molar refractivity (Wildman–Crippen MR) is 71.7 cm³/mol. The SMILES string of the molecule is Cc1cc(/C=C/C(=O)O)cnc1N1CCCC1C. The monoisotopic (exact) mass is 246 g/mol. The van der Waals surface area contributed by atoms with Gasteiger partial charge in [0.25, 0.3) is 0 Å². The van der Waals surface area contributed by atoms with Crippen LogP contribution in [-0.2, 0) is 4.79 Å². The van der Waals surface area contributed by atoms with Gasteiger partial charge in [-0.15, -0.1) is 0 Å². The Morgan fingerprint density at radius 3 is 2.94 bits per heavy atom. The number of aryl methyl sites for hydroxylation is 1. The van der Waals surface area contributed by atoms with E-state index in [1.165, 1.54) is 12.8 Å². The van der Waals surface area contributed by atoms with Gasteiger partial charge in [-0.05, 0) is 50.0 Å². The molecule has 1 aromatic rings. The Labute approximate surface area is 107 Å². The van der Waals surface area contributed by atoms with E-state index in [4.69, 9.17) is 5.11 Å². The molecule has 4 nitrogen and oxygen atoms in total. The Morgan fingerprint density at radius 2 is 2.39 bits per heavy atom. The second-order valence-corrected chi connectivity index (χ2v) is 4.77. The van der Waals surface area contributed by atoms with Gasteiger partial charge in [0.1, 0.15) is 5.82 Å². The molecule has 0 saturated carbocycles. The molecule has 1 unspecified atom stereocenters. The van der Waals surface area contributed by atoms with E-state index in [0.29, 0.717) is 6.04 Å². The van der Waals surface area contributed by atoms with Gasteiger partial charge in [-0.3, -0.25) is 0 Å². The van der Waals surface area contributed by atoms with Crippen LogP contribution >= 0.6 is 0 Å². The first-order valence-corrected chi connectivity index (χ1v) is 6.22. The average molecular weight is 246 g/mol. The number of pyridine rings is 1. The topological polar surface area (TPSA) is 53.4 Å². The van der Waals surface area contributed by atoms with E-state index >= 15 is 0 Å². The molecule has 1 fully saturated rings. The Hall–Kier alpha value is -1.84. The van der Waals surface area contributed by atoms with Crippen molar-refractivity contribution in [2.24, 2.45) is 0 Å². The van der Waals surface area contributed by atoms with Gasteiger partial charge in [-0.1, -0.05) is 0 Å². The van der Waals surface area contributed by atoms with Crippen LogP contribution in [-0.4, -0.2) is 28.6 Å². The largest absolute Gasteiger partial charge is 0.478 e. The van der Waals surface area contributed by atoms with E-state index in [1.807, 2.05) is 13.0 Å². The van der Waals surface area contributed by atoms with Crippen LogP contribution in [0.15, 0.2) is 18.3 Å². The Balaban J connectivity index is 2.22. The van der Waals surface area contributed by atoms with Crippen LogP contribution in [0.3, 0.4) is 0 Å². The zero-order valence-corrected chi connectivity index (χ0v) is 10.8. The van der Waals surface area contributed by atoms with E-state index in [9.17, 15) is 4.79 Å². The first kappa shape index (κ1) is 12.6. The van der Waals surface area contributed by atoms with Crippen LogP contribution in [0.4, 0.5) is 5.82 Å². The third-order valence-corrected chi connectivity index (χ3v) is 3.32. The Morgan fingerprint density at radius 1 is 1.61 bits per heavy atom. The third-order valence-electron chi connectivity index (χ3n) is 3.32. The van der Waals surface area contributed by atoms with E-state index < -0.39 is 5.97 Å². The molecule has 2 rings (SSSR count). The van der Waals surface area contributed by atoms with Crippen LogP contribution in [0.25, 0.3) is 6.08 Å². The summed E-state index contributed by atoms with van der Waals surface area (Å²) in [6.45, 7) is 5.29. The van der Waals surface area contributed by atoms with Gasteiger partial charge in [-0.25, -0.2) is 9.78 Å². The molecule has 2 heterocycles. The summed E-state index contributed by atoms with van der Waals surface area (Å²) in [5, 5.41) is 8.59. The number of carbonyl (C=O) groups is 1. The molecule has 1 N–H and O–H groups in total. The standard InChI is InChI=1S/C14H18N2O2/c1-10-8-12(5-6-13(17)18)9-15-14(10)16-7-3-4-11(16)2/h5-6,8-9,11H,3-4,7H2,1-2H3,(H,17,18)/b6-5+. The normalized spacial score (nSPS) is 19.7. The lowest BCUT2D eigenvalue weighted by atomic mass is 10.1. The lowest BCUT2D eigenvalue weighted by Crippen LogP contribution is -2.27. The Bertz CT molecular complexity index is 483. The van der Waals surface area contributed by atoms with Gasteiger partial charge in [0.2, 0.25) is 0 Å². The molecule has 0 bridgehead atoms. The van der Waals surface area contributed by atoms with Crippen molar-refractivity contribution in [3.05, 3.63) is 29.5 Å². The van der Waals surface area contributed by atoms with E-state index in [2.05, 4.69) is 16.8 Å². The van der Waals surface area contributed by atoms with Gasteiger partial charge in [0.15, 0.2) is 0 Å². The van der Waals surface area contributed by atoms with Crippen molar-refractivity contribution < 1.29 is 9.90 Å². The molecule has 96 valence electrons. The number of hydrogen-bond donors (Lipinski definition) is 1. The summed E-state index contributed by atoms with van der Waals surface area (Å²) < 4.78 is 0. The predicted octanol–water partition coefficient (Wildman–Crippen LogP) is 2.48. The number of aromatic nitrogens is 1. The summed E-state index contributed by atoms with van der Waals surface area (Å²) in [5.41, 5.74) is 1.92. The maximum Gasteiger partial charge on any atom is 0.328 e. The molecule has 1 atom stereocenters. The summed E-state index contributed by atoms with van der Waals surface area (Å²) in [4.78, 5) is 17.3. The van der Waals surface area contributed by atoms with Crippen molar-refractivity contribution in [3.8, 4) is 0 Å². The van der Waals surface area contributed by atoms with Crippen LogP contribution < -0.4 is 4.90 Å². The van der Waals surface area contributed by atoms with Gasteiger partial charge in [0.05, 0.1) is 0 Å². The molecule has 1 saturated heterocycles. The maximum atomic E-state index is 10.5. The number of carboxylic acids is 1. The van der Waals surface area contributed by atoms with Crippen molar-refractivity contribution in [2.75, 3.05) is 11.4 Å². The molecule has 1 aliphatic rings. The zero-order chi connectivity index (χ0) is 13.1. The molecular weight excluding hydrogens is 228 g/mol. The first-order valence-electron chi connectivity index (χ1n) is 6.22. The van der Waals surface area contributed by atoms with Crippen molar-refractivity contribution in [2.45, 2.75) is 32.7 Å². The second-order valence-electron chi connectivity index (χ2n) is 4.77. The molecule has 0 amide bonds. The summed E-state index contributed by atoms with van der Waals surface area (Å²) in [7, 11) is 0. The van der Waals surface area contributed by atoms with Gasteiger partial charge in [-0.2, -0.15) is 0 Å². The minimum absolute atomic E-state index is 0.539. The number of anilines is 1. The number of rotatable bonds is 3. The van der Waals surface area contributed by atoms with Crippen LogP contribution in [0.1, 0.15) is 30.9 Å². The van der Waals surface area contributed by atoms with Crippen molar-refractivity contribution in [3.63, 3.8) is 0 Å². The maximum absolute atomic E-state index is 10.5. The molecule has 18 heavy (non-hydrogen) atoms. The fourth-order valence-corrected chi connectivity index (χ4v) is 2.40. The summed E-state index contributed by atoms with van der Waals surface area (Å²) in [5.74, 6) is 0.0809. The first-order chi connectivity index (χ1) is 8.58. The second kappa shape index (κ2) is 5.21. The quantitative estimate of drug-likeness (QED) is 0.832. The third kappa shape index (κ3) is 2.70. The van der Waals surface area contributed by atoms with Crippen LogP contribution in [0, 0.1) is 6.92 Å². The van der Waals surface area contributed by atoms with Crippen molar-refractivity contribution in [1.82, 2.24) is 4.98 Å². The molecule has 1 aromatic heterocycles. The lowest BCUT2D eigenvalue weighted by Gasteiger charge is -2.24. The smallest absolute Gasteiger partial charge is 0.328 e. The minimum Gasteiger partial charge on any atom is -0.478 e. The highest BCUT2D eigenvalue weighted by molar-refractivity contribution is 5.85.